The zero-order valence-electron chi connectivity index (χ0n) is 17.9. The summed E-state index contributed by atoms with van der Waals surface area (Å²) in [6.45, 7) is 0. The average molecular weight is 495 g/mol. The Bertz CT molecular complexity index is 1170. The van der Waals surface area contributed by atoms with E-state index in [1.807, 2.05) is 84.9 Å². The maximum atomic E-state index is 13.6. The van der Waals surface area contributed by atoms with Gasteiger partial charge in [-0.2, -0.15) is 0 Å². The second-order valence-corrected chi connectivity index (χ2v) is 11.1. The smallest absolute Gasteiger partial charge is 0.152 e. The van der Waals surface area contributed by atoms with Crippen molar-refractivity contribution in [1.82, 2.24) is 0 Å². The number of halogens is 2. The lowest BCUT2D eigenvalue weighted by Crippen LogP contribution is -2.23. The molecule has 0 saturated heterocycles. The Morgan fingerprint density at radius 1 is 0.485 bits per heavy atom. The zero-order valence-corrected chi connectivity index (χ0v) is 20.3. The summed E-state index contributed by atoms with van der Waals surface area (Å²) in [5.74, 6) is -0.546. The van der Waals surface area contributed by atoms with Gasteiger partial charge in [0.15, 0.2) is 9.84 Å². The third kappa shape index (κ3) is 6.26. The van der Waals surface area contributed by atoms with Crippen molar-refractivity contribution in [2.75, 3.05) is 11.5 Å². The third-order valence-electron chi connectivity index (χ3n) is 5.79. The van der Waals surface area contributed by atoms with Gasteiger partial charge in [-0.05, 0) is 46.5 Å². The summed E-state index contributed by atoms with van der Waals surface area (Å²) in [5, 5.41) is 1.25. The van der Waals surface area contributed by atoms with Gasteiger partial charge in [0.2, 0.25) is 0 Å². The molecule has 2 nitrogen and oxygen atoms in total. The molecule has 0 radical (unpaired) electrons. The van der Waals surface area contributed by atoms with E-state index in [1.165, 1.54) is 0 Å². The van der Waals surface area contributed by atoms with Crippen LogP contribution in [0, 0.1) is 0 Å². The Labute approximate surface area is 205 Å². The average Bonchev–Trinajstić information content (AvgIpc) is 2.83. The molecule has 4 aromatic carbocycles. The van der Waals surface area contributed by atoms with Crippen LogP contribution in [0.25, 0.3) is 0 Å². The first kappa shape index (κ1) is 23.6. The van der Waals surface area contributed by atoms with Gasteiger partial charge in [-0.25, -0.2) is 8.42 Å². The molecule has 2 atom stereocenters. The lowest BCUT2D eigenvalue weighted by molar-refractivity contribution is 0.588. The third-order valence-corrected chi connectivity index (χ3v) is 7.98. The monoisotopic (exact) mass is 494 g/mol. The van der Waals surface area contributed by atoms with Crippen molar-refractivity contribution in [3.8, 4) is 0 Å². The molecule has 5 heteroatoms. The maximum absolute atomic E-state index is 13.6. The molecule has 0 saturated carbocycles. The molecule has 0 bridgehead atoms. The molecule has 0 N–H and O–H groups in total. The molecule has 2 unspecified atom stereocenters. The van der Waals surface area contributed by atoms with E-state index < -0.39 is 9.84 Å². The van der Waals surface area contributed by atoms with Crippen molar-refractivity contribution in [2.24, 2.45) is 0 Å². The lowest BCUT2D eigenvalue weighted by Gasteiger charge is -2.22. The second-order valence-electron chi connectivity index (χ2n) is 8.11. The van der Waals surface area contributed by atoms with Gasteiger partial charge in [0.1, 0.15) is 0 Å². The van der Waals surface area contributed by atoms with Crippen LogP contribution in [0.5, 0.6) is 0 Å². The van der Waals surface area contributed by atoms with Gasteiger partial charge in [-0.1, -0.05) is 108 Å². The summed E-state index contributed by atoms with van der Waals surface area (Å²) in [7, 11) is -3.46. The standard InChI is InChI=1S/C28H24Cl2O2S/c29-25-15-11-23(12-16-25)27(21-7-3-1-4-8-21)19-33(31,32)20-28(22-9-5-2-6-10-22)24-13-17-26(30)18-14-24/h1-18,27-28H,19-20H2. The minimum atomic E-state index is -3.46. The first-order chi connectivity index (χ1) is 15.9. The van der Waals surface area contributed by atoms with Gasteiger partial charge in [-0.3, -0.25) is 0 Å². The maximum Gasteiger partial charge on any atom is 0.152 e. The first-order valence-corrected chi connectivity index (χ1v) is 13.3. The van der Waals surface area contributed by atoms with Crippen molar-refractivity contribution >= 4 is 33.0 Å². The molecule has 0 heterocycles. The van der Waals surface area contributed by atoms with Gasteiger partial charge in [0, 0.05) is 21.9 Å². The van der Waals surface area contributed by atoms with Gasteiger partial charge < -0.3 is 0 Å². The summed E-state index contributed by atoms with van der Waals surface area (Å²) in [6.07, 6.45) is 0. The summed E-state index contributed by atoms with van der Waals surface area (Å²) in [6, 6.07) is 34.4. The predicted octanol–water partition coefficient (Wildman–Crippen LogP) is 7.37. The Balaban J connectivity index is 1.68. The Hall–Kier alpha value is -2.59. The zero-order chi connectivity index (χ0) is 23.3. The molecular formula is C28H24Cl2O2S. The van der Waals surface area contributed by atoms with Gasteiger partial charge >= 0.3 is 0 Å². The minimum absolute atomic E-state index is 0.00949. The molecule has 0 amide bonds. The summed E-state index contributed by atoms with van der Waals surface area (Å²) in [4.78, 5) is 0. The number of hydrogen-bond donors (Lipinski definition) is 0. The van der Waals surface area contributed by atoms with Gasteiger partial charge in [0.25, 0.3) is 0 Å². The van der Waals surface area contributed by atoms with E-state index in [1.54, 1.807) is 24.3 Å². The molecule has 168 valence electrons. The number of hydrogen-bond acceptors (Lipinski definition) is 2. The van der Waals surface area contributed by atoms with E-state index in [4.69, 9.17) is 23.2 Å². The minimum Gasteiger partial charge on any atom is -0.229 e. The number of sulfone groups is 1. The van der Waals surface area contributed by atoms with Gasteiger partial charge in [0.05, 0.1) is 11.5 Å². The van der Waals surface area contributed by atoms with E-state index in [0.29, 0.717) is 10.0 Å². The fourth-order valence-corrected chi connectivity index (χ4v) is 6.28. The highest BCUT2D eigenvalue weighted by atomic mass is 35.5. The second kappa shape index (κ2) is 10.6. The molecule has 0 aliphatic heterocycles. The van der Waals surface area contributed by atoms with Crippen LogP contribution in [0.1, 0.15) is 34.1 Å². The van der Waals surface area contributed by atoms with Crippen molar-refractivity contribution in [2.45, 2.75) is 11.8 Å². The van der Waals surface area contributed by atoms with Gasteiger partial charge in [-0.15, -0.1) is 0 Å². The molecule has 4 rings (SSSR count). The van der Waals surface area contributed by atoms with Crippen molar-refractivity contribution < 1.29 is 8.42 Å². The molecule has 0 aromatic heterocycles. The molecule has 0 spiro atoms. The topological polar surface area (TPSA) is 34.1 Å². The molecular weight excluding hydrogens is 471 g/mol. The van der Waals surface area contributed by atoms with E-state index in [9.17, 15) is 8.42 Å². The highest BCUT2D eigenvalue weighted by Gasteiger charge is 2.27. The Kier molecular flexibility index (Phi) is 7.54. The van der Waals surface area contributed by atoms with Crippen LogP contribution in [0.4, 0.5) is 0 Å². The Morgan fingerprint density at radius 2 is 0.788 bits per heavy atom. The molecule has 0 aliphatic carbocycles. The fraction of sp³-hybridized carbons (Fsp3) is 0.143. The molecule has 33 heavy (non-hydrogen) atoms. The quantitative estimate of drug-likeness (QED) is 0.256. The van der Waals surface area contributed by atoms with Crippen LogP contribution < -0.4 is 0 Å². The van der Waals surface area contributed by atoms with Crippen LogP contribution in [0.3, 0.4) is 0 Å². The van der Waals surface area contributed by atoms with E-state index >= 15 is 0 Å². The first-order valence-electron chi connectivity index (χ1n) is 10.7. The van der Waals surface area contributed by atoms with Crippen molar-refractivity contribution in [3.63, 3.8) is 0 Å². The summed E-state index contributed by atoms with van der Waals surface area (Å²) < 4.78 is 27.3. The van der Waals surface area contributed by atoms with Crippen LogP contribution in [-0.4, -0.2) is 19.9 Å². The van der Waals surface area contributed by atoms with E-state index in [-0.39, 0.29) is 23.3 Å². The fourth-order valence-electron chi connectivity index (χ4n) is 4.11. The van der Waals surface area contributed by atoms with Crippen LogP contribution in [0.2, 0.25) is 10.0 Å². The predicted molar refractivity (Wildman–Crippen MR) is 138 cm³/mol. The van der Waals surface area contributed by atoms with Crippen LogP contribution in [0.15, 0.2) is 109 Å². The SMILES string of the molecule is O=S(=O)(CC(c1ccccc1)c1ccc(Cl)cc1)CC(c1ccccc1)c1ccc(Cl)cc1. The molecule has 4 aromatic rings. The molecule has 0 aliphatic rings. The van der Waals surface area contributed by atoms with E-state index in [2.05, 4.69) is 0 Å². The largest absolute Gasteiger partial charge is 0.229 e. The van der Waals surface area contributed by atoms with Crippen molar-refractivity contribution in [3.05, 3.63) is 141 Å². The summed E-state index contributed by atoms with van der Waals surface area (Å²) in [5.41, 5.74) is 3.78. The lowest BCUT2D eigenvalue weighted by atomic mass is 9.93. The Morgan fingerprint density at radius 3 is 1.12 bits per heavy atom. The van der Waals surface area contributed by atoms with Crippen molar-refractivity contribution in [1.29, 1.82) is 0 Å². The highest BCUT2D eigenvalue weighted by molar-refractivity contribution is 7.91. The normalized spacial score (nSPS) is 13.4. The highest BCUT2D eigenvalue weighted by Crippen LogP contribution is 2.32. The number of benzene rings is 4. The van der Waals surface area contributed by atoms with Crippen LogP contribution in [-0.2, 0) is 9.84 Å². The van der Waals surface area contributed by atoms with E-state index in [0.717, 1.165) is 22.3 Å². The molecule has 0 fully saturated rings. The number of rotatable bonds is 8. The van der Waals surface area contributed by atoms with Crippen LogP contribution >= 0.6 is 23.2 Å². The summed E-state index contributed by atoms with van der Waals surface area (Å²) >= 11 is 12.2.